The van der Waals surface area contributed by atoms with Crippen LogP contribution in [0.5, 0.6) is 5.75 Å². The van der Waals surface area contributed by atoms with Crippen LogP contribution in [0.4, 0.5) is 27.4 Å². The van der Waals surface area contributed by atoms with Crippen molar-refractivity contribution in [1.29, 1.82) is 0 Å². The highest BCUT2D eigenvalue weighted by Crippen LogP contribution is 2.23. The zero-order chi connectivity index (χ0) is 23.0. The second kappa shape index (κ2) is 10.2. The average molecular weight is 440 g/mol. The van der Waals surface area contributed by atoms with E-state index < -0.39 is 0 Å². The molecular weight excluding hydrogens is 419 g/mol. The summed E-state index contributed by atoms with van der Waals surface area (Å²) in [5, 5.41) is 6.32. The third-order valence-electron chi connectivity index (χ3n) is 4.79. The van der Waals surface area contributed by atoms with Gasteiger partial charge in [0.15, 0.2) is 5.78 Å². The van der Waals surface area contributed by atoms with Crippen LogP contribution in [0, 0.1) is 5.82 Å². The molecule has 0 radical (unpaired) electrons. The predicted octanol–water partition coefficient (Wildman–Crippen LogP) is 6.01. The zero-order valence-corrected chi connectivity index (χ0v) is 17.8. The summed E-state index contributed by atoms with van der Waals surface area (Å²) >= 11 is 0. The van der Waals surface area contributed by atoms with E-state index in [0.717, 1.165) is 11.4 Å². The Morgan fingerprint density at radius 3 is 2.15 bits per heavy atom. The first-order chi connectivity index (χ1) is 16.1. The molecule has 6 nitrogen and oxygen atoms in total. The van der Waals surface area contributed by atoms with Gasteiger partial charge >= 0.3 is 0 Å². The molecule has 0 spiro atoms. The molecule has 2 heterocycles. The van der Waals surface area contributed by atoms with Gasteiger partial charge in [-0.15, -0.1) is 0 Å². The molecule has 33 heavy (non-hydrogen) atoms. The van der Waals surface area contributed by atoms with Gasteiger partial charge in [-0.05, 0) is 84.9 Å². The van der Waals surface area contributed by atoms with Crippen LogP contribution in [0.1, 0.15) is 15.9 Å². The fraction of sp³-hybridized carbons (Fsp3) is 0.0385. The molecule has 0 saturated heterocycles. The molecule has 0 unspecified atom stereocenters. The molecule has 0 fully saturated rings. The Morgan fingerprint density at radius 2 is 1.45 bits per heavy atom. The van der Waals surface area contributed by atoms with Crippen LogP contribution in [0.2, 0.25) is 0 Å². The third kappa shape index (κ3) is 5.59. The Labute approximate surface area is 190 Å². The molecule has 4 aromatic rings. The number of ketones is 1. The number of rotatable bonds is 8. The van der Waals surface area contributed by atoms with Crippen LogP contribution >= 0.6 is 0 Å². The monoisotopic (exact) mass is 440 g/mol. The third-order valence-corrected chi connectivity index (χ3v) is 4.79. The van der Waals surface area contributed by atoms with E-state index >= 15 is 0 Å². The number of carbonyl (C=O) groups excluding carboxylic acids is 1. The molecule has 4 rings (SSSR count). The number of allylic oxidation sites excluding steroid dienone is 1. The van der Waals surface area contributed by atoms with E-state index in [1.165, 1.54) is 18.2 Å². The lowest BCUT2D eigenvalue weighted by atomic mass is 10.1. The van der Waals surface area contributed by atoms with Crippen LogP contribution in [0.25, 0.3) is 6.08 Å². The van der Waals surface area contributed by atoms with Gasteiger partial charge in [0.2, 0.25) is 0 Å². The molecule has 0 aliphatic heterocycles. The number of pyridine rings is 2. The average Bonchev–Trinajstić information content (AvgIpc) is 2.85. The number of anilines is 4. The van der Waals surface area contributed by atoms with Gasteiger partial charge in [0, 0.05) is 29.3 Å². The summed E-state index contributed by atoms with van der Waals surface area (Å²) < 4.78 is 18.3. The number of ether oxygens (including phenoxy) is 1. The van der Waals surface area contributed by atoms with Crippen molar-refractivity contribution in [1.82, 2.24) is 9.97 Å². The molecule has 164 valence electrons. The van der Waals surface area contributed by atoms with Gasteiger partial charge < -0.3 is 15.4 Å². The van der Waals surface area contributed by atoms with Crippen molar-refractivity contribution in [2.75, 3.05) is 17.7 Å². The van der Waals surface area contributed by atoms with E-state index in [4.69, 9.17) is 4.74 Å². The minimum atomic E-state index is -0.317. The molecular formula is C26H21FN4O2. The molecule has 0 saturated carbocycles. The lowest BCUT2D eigenvalue weighted by Gasteiger charge is -2.10. The molecule has 7 heteroatoms. The van der Waals surface area contributed by atoms with Crippen LogP contribution in [0.15, 0.2) is 91.3 Å². The fourth-order valence-corrected chi connectivity index (χ4v) is 3.10. The number of benzene rings is 2. The van der Waals surface area contributed by atoms with Crippen molar-refractivity contribution in [3.8, 4) is 5.75 Å². The number of halogens is 1. The minimum Gasteiger partial charge on any atom is -0.497 e. The molecule has 2 aromatic carbocycles. The van der Waals surface area contributed by atoms with Gasteiger partial charge in [-0.1, -0.05) is 0 Å². The van der Waals surface area contributed by atoms with Gasteiger partial charge in [-0.3, -0.25) is 4.79 Å². The number of aromatic nitrogens is 2. The van der Waals surface area contributed by atoms with Gasteiger partial charge in [0.1, 0.15) is 23.2 Å². The van der Waals surface area contributed by atoms with E-state index in [2.05, 4.69) is 20.6 Å². The maximum Gasteiger partial charge on any atom is 0.189 e. The largest absolute Gasteiger partial charge is 0.497 e. The van der Waals surface area contributed by atoms with Gasteiger partial charge in [-0.25, -0.2) is 14.4 Å². The van der Waals surface area contributed by atoms with Crippen molar-refractivity contribution in [2.45, 2.75) is 0 Å². The lowest BCUT2D eigenvalue weighted by Crippen LogP contribution is -2.03. The summed E-state index contributed by atoms with van der Waals surface area (Å²) in [6.45, 7) is 0. The van der Waals surface area contributed by atoms with Crippen LogP contribution in [-0.2, 0) is 0 Å². The summed E-state index contributed by atoms with van der Waals surface area (Å²) in [5.74, 6) is 1.21. The number of methoxy groups -OCH3 is 1. The quantitative estimate of drug-likeness (QED) is 0.258. The van der Waals surface area contributed by atoms with Crippen molar-refractivity contribution in [2.24, 2.45) is 0 Å². The summed E-state index contributed by atoms with van der Waals surface area (Å²) in [4.78, 5) is 21.6. The van der Waals surface area contributed by atoms with Crippen LogP contribution in [-0.4, -0.2) is 22.9 Å². The maximum absolute atomic E-state index is 13.2. The summed E-state index contributed by atoms with van der Waals surface area (Å²) in [6, 6.07) is 20.4. The number of hydrogen-bond donors (Lipinski definition) is 2. The first-order valence-electron chi connectivity index (χ1n) is 10.2. The number of nitrogens with one attached hydrogen (secondary N) is 2. The van der Waals surface area contributed by atoms with E-state index in [9.17, 15) is 9.18 Å². The van der Waals surface area contributed by atoms with Crippen molar-refractivity contribution in [3.63, 3.8) is 0 Å². The molecule has 0 bridgehead atoms. The fourth-order valence-electron chi connectivity index (χ4n) is 3.10. The van der Waals surface area contributed by atoms with Crippen molar-refractivity contribution < 1.29 is 13.9 Å². The highest BCUT2D eigenvalue weighted by atomic mass is 19.1. The Morgan fingerprint density at radius 1 is 0.848 bits per heavy atom. The van der Waals surface area contributed by atoms with Crippen molar-refractivity contribution in [3.05, 3.63) is 108 Å². The van der Waals surface area contributed by atoms with E-state index in [0.29, 0.717) is 28.5 Å². The topological polar surface area (TPSA) is 76.1 Å². The smallest absolute Gasteiger partial charge is 0.189 e. The van der Waals surface area contributed by atoms with Crippen LogP contribution < -0.4 is 15.4 Å². The second-order valence-electron chi connectivity index (χ2n) is 7.02. The SMILES string of the molecule is COc1ccc(Nc2ncccc2C(=O)C=Cc2cccnc2Nc2ccc(F)cc2)cc1. The summed E-state index contributed by atoms with van der Waals surface area (Å²) in [6.07, 6.45) is 6.43. The van der Waals surface area contributed by atoms with Crippen molar-refractivity contribution >= 4 is 34.9 Å². The Kier molecular flexibility index (Phi) is 6.70. The van der Waals surface area contributed by atoms with Crippen LogP contribution in [0.3, 0.4) is 0 Å². The van der Waals surface area contributed by atoms with E-state index in [1.54, 1.807) is 55.9 Å². The molecule has 0 amide bonds. The first-order valence-corrected chi connectivity index (χ1v) is 10.2. The second-order valence-corrected chi connectivity index (χ2v) is 7.02. The minimum absolute atomic E-state index is 0.212. The highest BCUT2D eigenvalue weighted by Gasteiger charge is 2.11. The normalized spacial score (nSPS) is 10.7. The standard InChI is InChI=1S/C26H21FN4O2/c1-33-22-13-11-21(12-14-22)31-26-23(5-3-17-29-26)24(32)15-6-18-4-2-16-28-25(18)30-20-9-7-19(27)8-10-20/h2-17H,1H3,(H,28,30)(H,29,31). The number of carbonyl (C=O) groups is 1. The van der Waals surface area contributed by atoms with Gasteiger partial charge in [0.25, 0.3) is 0 Å². The first kappa shape index (κ1) is 21.7. The van der Waals surface area contributed by atoms with E-state index in [1.807, 2.05) is 30.3 Å². The number of hydrogen-bond acceptors (Lipinski definition) is 6. The van der Waals surface area contributed by atoms with Gasteiger partial charge in [-0.2, -0.15) is 0 Å². The predicted molar refractivity (Wildman–Crippen MR) is 128 cm³/mol. The molecule has 0 atom stereocenters. The Balaban J connectivity index is 1.53. The summed E-state index contributed by atoms with van der Waals surface area (Å²) in [5.41, 5.74) is 2.62. The zero-order valence-electron chi connectivity index (χ0n) is 17.8. The number of nitrogens with zero attached hydrogens (tertiary/aromatic N) is 2. The Hall–Kier alpha value is -4.52. The molecule has 0 aliphatic rings. The van der Waals surface area contributed by atoms with E-state index in [-0.39, 0.29) is 11.6 Å². The maximum atomic E-state index is 13.2. The molecule has 2 N–H and O–H groups in total. The Bertz CT molecular complexity index is 1270. The lowest BCUT2D eigenvalue weighted by molar-refractivity contribution is 0.104. The van der Waals surface area contributed by atoms with Gasteiger partial charge in [0.05, 0.1) is 12.7 Å². The molecule has 2 aromatic heterocycles. The summed E-state index contributed by atoms with van der Waals surface area (Å²) in [7, 11) is 1.60. The highest BCUT2D eigenvalue weighted by molar-refractivity contribution is 6.10. The molecule has 0 aliphatic carbocycles.